The quantitative estimate of drug-likeness (QED) is 0.687. The molecule has 0 aromatic carbocycles. The van der Waals surface area contributed by atoms with Crippen molar-refractivity contribution in [3.63, 3.8) is 0 Å². The molecule has 1 unspecified atom stereocenters. The van der Waals surface area contributed by atoms with Gasteiger partial charge in [-0.15, -0.1) is 0 Å². The first-order valence-corrected chi connectivity index (χ1v) is 7.11. The summed E-state index contributed by atoms with van der Waals surface area (Å²) >= 11 is 0. The van der Waals surface area contributed by atoms with Crippen LogP contribution < -0.4 is 0 Å². The minimum atomic E-state index is -0.422. The average Bonchev–Trinajstić information content (AvgIpc) is 2.52. The number of nitrogens with zero attached hydrogens (tertiary/aromatic N) is 1. The topological polar surface area (TPSA) is 32.7 Å². The molecule has 1 rings (SSSR count). The molecule has 1 aliphatic rings. The zero-order valence-electron chi connectivity index (χ0n) is 12.0. The Bertz CT molecular complexity index is 230. The highest BCUT2D eigenvalue weighted by Gasteiger charge is 2.50. The molecule has 1 aliphatic heterocycles. The third kappa shape index (κ3) is 3.43. The van der Waals surface area contributed by atoms with E-state index in [2.05, 4.69) is 13.8 Å². The Kier molecular flexibility index (Phi) is 5.42. The molecule has 17 heavy (non-hydrogen) atoms. The van der Waals surface area contributed by atoms with Crippen molar-refractivity contribution < 1.29 is 9.94 Å². The van der Waals surface area contributed by atoms with Crippen molar-refractivity contribution >= 4 is 0 Å². The summed E-state index contributed by atoms with van der Waals surface area (Å²) in [6.45, 7) is 9.09. The Balaban J connectivity index is 2.66. The Morgan fingerprint density at radius 2 is 1.65 bits per heavy atom. The number of unbranched alkanes of at least 4 members (excludes halogenated alkanes) is 3. The minimum Gasteiger partial charge on any atom is -0.356 e. The lowest BCUT2D eigenvalue weighted by atomic mass is 9.96. The van der Waals surface area contributed by atoms with E-state index in [1.54, 1.807) is 0 Å². The van der Waals surface area contributed by atoms with Crippen molar-refractivity contribution in [1.82, 2.24) is 5.06 Å². The van der Waals surface area contributed by atoms with Gasteiger partial charge < -0.3 is 9.94 Å². The van der Waals surface area contributed by atoms with Gasteiger partial charge in [0.25, 0.3) is 0 Å². The molecule has 0 amide bonds. The van der Waals surface area contributed by atoms with Gasteiger partial charge in [-0.1, -0.05) is 33.1 Å². The highest BCUT2D eigenvalue weighted by Crippen LogP contribution is 2.40. The number of rotatable bonds is 7. The van der Waals surface area contributed by atoms with Crippen molar-refractivity contribution in [2.75, 3.05) is 6.61 Å². The van der Waals surface area contributed by atoms with Crippen molar-refractivity contribution in [3.8, 4) is 0 Å². The predicted octanol–water partition coefficient (Wildman–Crippen LogP) is 3.95. The van der Waals surface area contributed by atoms with Gasteiger partial charge in [0.15, 0.2) is 0 Å². The van der Waals surface area contributed by atoms with Crippen LogP contribution in [0.3, 0.4) is 0 Å². The van der Waals surface area contributed by atoms with E-state index >= 15 is 0 Å². The van der Waals surface area contributed by atoms with E-state index in [4.69, 9.17) is 4.74 Å². The maximum absolute atomic E-state index is 10.4. The average molecular weight is 243 g/mol. The number of hydroxylamine groups is 2. The molecule has 0 bridgehead atoms. The van der Waals surface area contributed by atoms with Crippen molar-refractivity contribution in [2.45, 2.75) is 83.9 Å². The second kappa shape index (κ2) is 6.17. The largest absolute Gasteiger partial charge is 0.356 e. The first-order valence-electron chi connectivity index (χ1n) is 7.11. The van der Waals surface area contributed by atoms with Crippen LogP contribution >= 0.6 is 0 Å². The fourth-order valence-corrected chi connectivity index (χ4v) is 2.57. The van der Waals surface area contributed by atoms with Crippen LogP contribution in [0, 0.1) is 0 Å². The zero-order valence-corrected chi connectivity index (χ0v) is 12.0. The van der Waals surface area contributed by atoms with E-state index in [9.17, 15) is 5.21 Å². The lowest BCUT2D eigenvalue weighted by Crippen LogP contribution is -2.50. The zero-order chi connectivity index (χ0) is 12.9. The first kappa shape index (κ1) is 14.9. The Morgan fingerprint density at radius 3 is 2.12 bits per heavy atom. The molecule has 1 heterocycles. The fourth-order valence-electron chi connectivity index (χ4n) is 2.57. The Hall–Kier alpha value is -0.120. The summed E-state index contributed by atoms with van der Waals surface area (Å²) in [5, 5.41) is 11.9. The molecular formula is C14H29NO2. The predicted molar refractivity (Wildman–Crippen MR) is 70.1 cm³/mol. The summed E-state index contributed by atoms with van der Waals surface area (Å²) in [5.41, 5.74) is -0.672. The molecule has 0 aliphatic carbocycles. The lowest BCUT2D eigenvalue weighted by molar-refractivity contribution is -0.256. The standard InChI is InChI=1S/C14H29NO2/c1-5-7-9-11-14(10-8-6-2)15(16)13(3,4)12-17-14/h16H,5-12H2,1-4H3. The van der Waals surface area contributed by atoms with E-state index in [1.807, 2.05) is 13.8 Å². The molecular weight excluding hydrogens is 214 g/mol. The number of hydrogen-bond donors (Lipinski definition) is 1. The van der Waals surface area contributed by atoms with Crippen molar-refractivity contribution in [1.29, 1.82) is 0 Å². The van der Waals surface area contributed by atoms with Crippen molar-refractivity contribution in [3.05, 3.63) is 0 Å². The van der Waals surface area contributed by atoms with Crippen LogP contribution in [0.1, 0.15) is 72.6 Å². The van der Waals surface area contributed by atoms with E-state index < -0.39 is 5.72 Å². The first-order chi connectivity index (χ1) is 7.98. The van der Waals surface area contributed by atoms with Crippen LogP contribution in [0.4, 0.5) is 0 Å². The Morgan fingerprint density at radius 1 is 1.06 bits per heavy atom. The van der Waals surface area contributed by atoms with Crippen LogP contribution in [-0.2, 0) is 4.74 Å². The molecule has 0 aromatic heterocycles. The summed E-state index contributed by atoms with van der Waals surface area (Å²) in [6.07, 6.45) is 7.69. The monoisotopic (exact) mass is 243 g/mol. The van der Waals surface area contributed by atoms with E-state index in [0.29, 0.717) is 6.61 Å². The van der Waals surface area contributed by atoms with Gasteiger partial charge in [0.05, 0.1) is 12.1 Å². The summed E-state index contributed by atoms with van der Waals surface area (Å²) in [6, 6.07) is 0. The van der Waals surface area contributed by atoms with E-state index in [0.717, 1.165) is 32.1 Å². The molecule has 1 atom stereocenters. The maximum atomic E-state index is 10.4. The SMILES string of the molecule is CCCCCC1(CCCC)OCC(C)(C)N1O. The second-order valence-corrected chi connectivity index (χ2v) is 5.92. The molecule has 3 heteroatoms. The summed E-state index contributed by atoms with van der Waals surface area (Å²) in [4.78, 5) is 0. The molecule has 0 saturated carbocycles. The van der Waals surface area contributed by atoms with Crippen LogP contribution in [0.5, 0.6) is 0 Å². The molecule has 3 nitrogen and oxygen atoms in total. The van der Waals surface area contributed by atoms with Gasteiger partial charge in [-0.05, 0) is 39.5 Å². The van der Waals surface area contributed by atoms with Crippen LogP contribution in [0.2, 0.25) is 0 Å². The summed E-state index contributed by atoms with van der Waals surface area (Å²) in [5.74, 6) is 0. The van der Waals surface area contributed by atoms with Gasteiger partial charge in [-0.25, -0.2) is 0 Å². The van der Waals surface area contributed by atoms with Gasteiger partial charge in [0.1, 0.15) is 5.72 Å². The van der Waals surface area contributed by atoms with E-state index in [1.165, 1.54) is 17.9 Å². The number of hydrogen-bond acceptors (Lipinski definition) is 3. The highest BCUT2D eigenvalue weighted by molar-refractivity contribution is 4.93. The van der Waals surface area contributed by atoms with Gasteiger partial charge in [-0.3, -0.25) is 0 Å². The van der Waals surface area contributed by atoms with Gasteiger partial charge >= 0.3 is 0 Å². The Labute approximate surface area is 106 Å². The molecule has 1 saturated heterocycles. The minimum absolute atomic E-state index is 0.250. The fraction of sp³-hybridized carbons (Fsp3) is 1.00. The van der Waals surface area contributed by atoms with Crippen LogP contribution in [-0.4, -0.2) is 28.1 Å². The van der Waals surface area contributed by atoms with E-state index in [-0.39, 0.29) is 5.54 Å². The molecule has 1 fully saturated rings. The molecule has 0 aromatic rings. The number of ether oxygens (including phenoxy) is 1. The van der Waals surface area contributed by atoms with Crippen LogP contribution in [0.15, 0.2) is 0 Å². The van der Waals surface area contributed by atoms with Gasteiger partial charge in [0.2, 0.25) is 0 Å². The molecule has 102 valence electrons. The van der Waals surface area contributed by atoms with Gasteiger partial charge in [-0.2, -0.15) is 5.06 Å². The van der Waals surface area contributed by atoms with Crippen LogP contribution in [0.25, 0.3) is 0 Å². The highest BCUT2D eigenvalue weighted by atomic mass is 16.6. The smallest absolute Gasteiger partial charge is 0.144 e. The summed E-state index contributed by atoms with van der Waals surface area (Å²) < 4.78 is 5.99. The third-order valence-corrected chi connectivity index (χ3v) is 3.75. The molecule has 1 N–H and O–H groups in total. The second-order valence-electron chi connectivity index (χ2n) is 5.92. The van der Waals surface area contributed by atoms with Gasteiger partial charge in [0, 0.05) is 0 Å². The summed E-state index contributed by atoms with van der Waals surface area (Å²) in [7, 11) is 0. The lowest BCUT2D eigenvalue weighted by Gasteiger charge is -2.37. The maximum Gasteiger partial charge on any atom is 0.144 e. The molecule has 0 spiro atoms. The molecule has 0 radical (unpaired) electrons. The van der Waals surface area contributed by atoms with Crippen molar-refractivity contribution in [2.24, 2.45) is 0 Å². The third-order valence-electron chi connectivity index (χ3n) is 3.75. The normalized spacial score (nSPS) is 28.8.